The number of pyridine rings is 1. The van der Waals surface area contributed by atoms with Crippen molar-refractivity contribution in [2.75, 3.05) is 64.7 Å². The number of anilines is 1. The maximum Gasteiger partial charge on any atom is 0.326 e. The van der Waals surface area contributed by atoms with Crippen LogP contribution in [0.5, 0.6) is 0 Å². The molecule has 2 aliphatic rings. The van der Waals surface area contributed by atoms with Crippen LogP contribution in [-0.4, -0.2) is 170 Å². The first-order valence-electron chi connectivity index (χ1n) is 32.4. The summed E-state index contributed by atoms with van der Waals surface area (Å²) in [6.45, 7) is 8.12. The Bertz CT molecular complexity index is 3130. The van der Waals surface area contributed by atoms with Crippen LogP contribution in [0.15, 0.2) is 41.3 Å². The van der Waals surface area contributed by atoms with Crippen LogP contribution in [-0.2, 0) is 70.4 Å². The number of ether oxygens (including phenoxy) is 4. The molecule has 4 heterocycles. The Kier molecular flexibility index (Phi) is 31.2. The topological polar surface area (TPSA) is 339 Å². The highest BCUT2D eigenvalue weighted by Gasteiger charge is 2.64. The molecule has 4 atom stereocenters. The number of fused-ring (bicyclic) bond motifs is 2. The van der Waals surface area contributed by atoms with Crippen molar-refractivity contribution in [3.8, 4) is 11.1 Å². The third-order valence-corrected chi connectivity index (χ3v) is 17.0. The molecule has 2 fully saturated rings. The molecule has 1 aromatic carbocycles. The molecule has 4 aromatic rings. The minimum atomic E-state index is -1.17. The Hall–Kier alpha value is -7.13. The number of nitrogens with one attached hydrogen (secondary N) is 4. The number of hydrogen-bond donors (Lipinski definition) is 6. The van der Waals surface area contributed by atoms with Gasteiger partial charge < -0.3 is 55.3 Å². The zero-order valence-corrected chi connectivity index (χ0v) is 55.4. The molecule has 1 aliphatic carbocycles. The number of aryl methyl sites for hydroxylation is 2. The van der Waals surface area contributed by atoms with Crippen LogP contribution >= 0.6 is 15.9 Å². The monoisotopic (exact) mass is 1340 g/mol. The van der Waals surface area contributed by atoms with Gasteiger partial charge in [0.25, 0.3) is 0 Å². The van der Waals surface area contributed by atoms with E-state index in [-0.39, 0.29) is 163 Å². The number of likely N-dealkylation sites (tertiary alicyclic amines) is 1. The van der Waals surface area contributed by atoms with E-state index in [1.54, 1.807) is 28.0 Å². The lowest BCUT2D eigenvalue weighted by Gasteiger charge is -2.27. The van der Waals surface area contributed by atoms with Gasteiger partial charge in [-0.25, -0.2) is 19.7 Å². The normalized spacial score (nSPS) is 16.0. The number of Topliss-reactive ketones (excluding diaryl/α,β-unsaturated/α-hetero) is 2. The molecule has 504 valence electrons. The van der Waals surface area contributed by atoms with E-state index in [1.807, 2.05) is 32.0 Å². The zero-order chi connectivity index (χ0) is 66.4. The molecule has 1 aliphatic heterocycles. The van der Waals surface area contributed by atoms with Gasteiger partial charge in [0.2, 0.25) is 29.5 Å². The Morgan fingerprint density at radius 3 is 1.89 bits per heavy atom. The van der Waals surface area contributed by atoms with Gasteiger partial charge in [-0.15, -0.1) is 0 Å². The average Bonchev–Trinajstić information content (AvgIpc) is 1.55. The fraction of sp³-hybridized carbons (Fsp3) is 0.621. The van der Waals surface area contributed by atoms with Crippen molar-refractivity contribution < 1.29 is 72.3 Å². The lowest BCUT2D eigenvalue weighted by atomic mass is 10.0. The third-order valence-electron chi connectivity index (χ3n) is 16.6. The van der Waals surface area contributed by atoms with E-state index in [1.165, 1.54) is 45.4 Å². The van der Waals surface area contributed by atoms with Gasteiger partial charge >= 0.3 is 11.9 Å². The first-order valence-corrected chi connectivity index (χ1v) is 33.2. The molecule has 0 unspecified atom stereocenters. The summed E-state index contributed by atoms with van der Waals surface area (Å²) >= 11 is 3.36. The molecular weight excluding hydrogens is 1250 g/mol. The Balaban J connectivity index is 0.746. The van der Waals surface area contributed by atoms with Crippen LogP contribution < -0.4 is 21.3 Å². The van der Waals surface area contributed by atoms with Crippen molar-refractivity contribution in [1.82, 2.24) is 45.6 Å². The van der Waals surface area contributed by atoms with E-state index in [4.69, 9.17) is 24.1 Å². The van der Waals surface area contributed by atoms with Crippen LogP contribution in [0.3, 0.4) is 0 Å². The number of aromatic nitrogens is 5. The van der Waals surface area contributed by atoms with Crippen molar-refractivity contribution >= 4 is 85.7 Å². The maximum absolute atomic E-state index is 14.2. The largest absolute Gasteiger partial charge is 0.481 e. The number of benzene rings is 1. The van der Waals surface area contributed by atoms with Gasteiger partial charge in [0.05, 0.1) is 45.1 Å². The number of rotatable bonds is 47. The van der Waals surface area contributed by atoms with Crippen molar-refractivity contribution in [3.63, 3.8) is 0 Å². The van der Waals surface area contributed by atoms with Gasteiger partial charge in [-0.1, -0.05) is 90.0 Å². The van der Waals surface area contributed by atoms with Crippen molar-refractivity contribution in [2.45, 2.75) is 200 Å². The number of carbonyl (C=O) groups excluding carboxylic acids is 7. The number of unbranched alkanes of at least 4 members (excludes halogenated alkanes) is 13. The maximum atomic E-state index is 14.2. The van der Waals surface area contributed by atoms with Crippen molar-refractivity contribution in [3.05, 3.63) is 63.9 Å². The summed E-state index contributed by atoms with van der Waals surface area (Å²) < 4.78 is 23.9. The second kappa shape index (κ2) is 38.8. The zero-order valence-electron chi connectivity index (χ0n) is 53.8. The van der Waals surface area contributed by atoms with Crippen molar-refractivity contribution in [2.24, 2.45) is 5.41 Å². The van der Waals surface area contributed by atoms with Gasteiger partial charge in [-0.3, -0.25) is 43.0 Å². The average molecular weight is 1350 g/mol. The van der Waals surface area contributed by atoms with Gasteiger partial charge in [0, 0.05) is 75.1 Å². The SMILES string of the molecule is CC(=O)c1nn(CC(=O)N2[C@H](C(=O)Nc3nc(Br)ccc3C)C[C@@]3(C)C[C@@H]23)c2c(C)cc(-c3cnc(CNC(=O)COCCOCCNC(=O)COCCOCCCC(=O)CC[C@H](NC(=O)CCCCCCCCCCCCCCCCC(=O)O)C(=O)O)nc3)cc12. The molecule has 6 N–H and O–H groups in total. The number of carboxylic acid groups (broad SMARTS) is 2. The lowest BCUT2D eigenvalue weighted by molar-refractivity contribution is -0.142. The number of piperidine rings is 1. The number of halogens is 1. The smallest absolute Gasteiger partial charge is 0.326 e. The number of hydrogen-bond acceptors (Lipinski definition) is 17. The predicted molar refractivity (Wildman–Crippen MR) is 345 cm³/mol. The second-order valence-electron chi connectivity index (χ2n) is 24.3. The molecule has 25 nitrogen and oxygen atoms in total. The third kappa shape index (κ3) is 25.1. The summed E-state index contributed by atoms with van der Waals surface area (Å²) in [5.41, 5.74) is 3.60. The number of carboxylic acids is 2. The summed E-state index contributed by atoms with van der Waals surface area (Å²) in [4.78, 5) is 128. The van der Waals surface area contributed by atoms with E-state index < -0.39 is 24.0 Å². The van der Waals surface area contributed by atoms with Crippen LogP contribution in [0.4, 0.5) is 5.82 Å². The van der Waals surface area contributed by atoms with Crippen LogP contribution in [0.1, 0.15) is 183 Å². The van der Waals surface area contributed by atoms with Gasteiger partial charge in [0.15, 0.2) is 5.78 Å². The molecule has 6 rings (SSSR count). The number of carbonyl (C=O) groups is 9. The van der Waals surface area contributed by atoms with Crippen LogP contribution in [0, 0.1) is 19.3 Å². The molecule has 3 aromatic heterocycles. The Morgan fingerprint density at radius 1 is 0.674 bits per heavy atom. The standard InChI is InChI=1S/C66H93BrN10O15/c1-44-23-26-54(67)73-63(44)74-64(86)52-36-66(4)37-53(66)77(52)59(83)41-76-62-45(2)34-47(35-50(62)61(75-76)46(3)78)48-38-69-55(70-39-48)40-71-58(82)43-92-33-31-90-29-27-68-57(81)42-91-32-30-89-28-19-20-49(79)24-25-51(65(87)88)72-56(80)21-17-15-13-11-9-7-5-6-8-10-12-14-16-18-22-60(84)85/h23,26,34-35,38-39,51-53H,5-22,24-25,27-33,36-37,40-43H2,1-4H3,(H,68,81)(H,71,82)(H,72,80)(H,84,85)(H,87,88)(H,73,74,86)/t51-,52-,53+,66-/m0/s1. The first-order chi connectivity index (χ1) is 44.2. The number of ketones is 2. The highest BCUT2D eigenvalue weighted by Crippen LogP contribution is 2.59. The Morgan fingerprint density at radius 2 is 1.27 bits per heavy atom. The van der Waals surface area contributed by atoms with E-state index >= 15 is 0 Å². The Labute approximate surface area is 546 Å². The fourth-order valence-electron chi connectivity index (χ4n) is 11.4. The second-order valence-corrected chi connectivity index (χ2v) is 25.1. The van der Waals surface area contributed by atoms with E-state index in [0.29, 0.717) is 52.0 Å². The molecule has 26 heteroatoms. The number of aliphatic carboxylic acids is 2. The van der Waals surface area contributed by atoms with Gasteiger partial charge in [0.1, 0.15) is 59.6 Å². The molecular formula is C66H93BrN10O15. The van der Waals surface area contributed by atoms with E-state index in [9.17, 15) is 48.3 Å². The molecule has 1 saturated carbocycles. The summed E-state index contributed by atoms with van der Waals surface area (Å²) in [5.74, 6) is -3.13. The molecule has 0 spiro atoms. The highest BCUT2D eigenvalue weighted by atomic mass is 79.9. The fourth-order valence-corrected chi connectivity index (χ4v) is 11.7. The molecule has 0 radical (unpaired) electrons. The first kappa shape index (κ1) is 73.9. The molecule has 5 amide bonds. The summed E-state index contributed by atoms with van der Waals surface area (Å²) in [7, 11) is 0. The minimum absolute atomic E-state index is 0.0162. The van der Waals surface area contributed by atoms with Crippen molar-refractivity contribution in [1.29, 1.82) is 0 Å². The van der Waals surface area contributed by atoms with E-state index in [0.717, 1.165) is 68.1 Å². The number of amides is 5. The van der Waals surface area contributed by atoms with Crippen LogP contribution in [0.25, 0.3) is 22.0 Å². The molecule has 1 saturated heterocycles. The number of nitrogens with zero attached hydrogens (tertiary/aromatic N) is 6. The molecule has 92 heavy (non-hydrogen) atoms. The lowest BCUT2D eigenvalue weighted by Crippen LogP contribution is -2.47. The van der Waals surface area contributed by atoms with Gasteiger partial charge in [-0.05, 0) is 109 Å². The molecule has 0 bridgehead atoms. The summed E-state index contributed by atoms with van der Waals surface area (Å²) in [6.07, 6.45) is 20.7. The van der Waals surface area contributed by atoms with Crippen LogP contribution in [0.2, 0.25) is 0 Å². The minimum Gasteiger partial charge on any atom is -0.481 e. The quantitative estimate of drug-likeness (QED) is 0.0137. The summed E-state index contributed by atoms with van der Waals surface area (Å²) in [6, 6.07) is 5.47. The summed E-state index contributed by atoms with van der Waals surface area (Å²) in [5, 5.41) is 34.4. The highest BCUT2D eigenvalue weighted by molar-refractivity contribution is 9.10. The van der Waals surface area contributed by atoms with Gasteiger partial charge in [-0.2, -0.15) is 5.10 Å². The predicted octanol–water partition coefficient (Wildman–Crippen LogP) is 8.31. The van der Waals surface area contributed by atoms with E-state index in [2.05, 4.69) is 64.2 Å².